The SMILES string of the molecule is [N-]=[N+]=NCC=Cc1ccc(C(F)(F)F)cc1O. The molecule has 1 aromatic carbocycles. The first kappa shape index (κ1) is 12.9. The molecule has 1 N–H and O–H groups in total. The predicted molar refractivity (Wildman–Crippen MR) is 56.2 cm³/mol. The lowest BCUT2D eigenvalue weighted by Crippen LogP contribution is -2.04. The van der Waals surface area contributed by atoms with Crippen molar-refractivity contribution in [3.63, 3.8) is 0 Å². The molecule has 0 unspecified atom stereocenters. The van der Waals surface area contributed by atoms with Crippen LogP contribution in [0.3, 0.4) is 0 Å². The fourth-order valence-electron chi connectivity index (χ4n) is 1.12. The molecule has 7 heteroatoms. The van der Waals surface area contributed by atoms with Gasteiger partial charge in [-0.05, 0) is 17.7 Å². The van der Waals surface area contributed by atoms with Crippen molar-refractivity contribution in [1.29, 1.82) is 0 Å². The third-order valence-electron chi connectivity index (χ3n) is 1.91. The number of azide groups is 1. The van der Waals surface area contributed by atoms with E-state index in [9.17, 15) is 18.3 Å². The summed E-state index contributed by atoms with van der Waals surface area (Å²) in [6, 6.07) is 2.66. The van der Waals surface area contributed by atoms with Crippen LogP contribution in [0.2, 0.25) is 0 Å². The molecule has 0 bridgehead atoms. The highest BCUT2D eigenvalue weighted by Gasteiger charge is 2.30. The minimum atomic E-state index is -4.48. The van der Waals surface area contributed by atoms with Crippen molar-refractivity contribution < 1.29 is 18.3 Å². The normalized spacial score (nSPS) is 11.5. The third-order valence-corrected chi connectivity index (χ3v) is 1.91. The molecule has 0 spiro atoms. The first-order valence-corrected chi connectivity index (χ1v) is 4.53. The monoisotopic (exact) mass is 243 g/mol. The standard InChI is InChI=1S/C10H8F3N3O/c11-10(12,13)8-4-3-7(9(17)6-8)2-1-5-15-16-14/h1-4,6,17H,5H2. The summed E-state index contributed by atoms with van der Waals surface area (Å²) in [5.41, 5.74) is 7.31. The van der Waals surface area contributed by atoms with E-state index in [4.69, 9.17) is 5.53 Å². The van der Waals surface area contributed by atoms with Gasteiger partial charge in [-0.1, -0.05) is 23.3 Å². The zero-order chi connectivity index (χ0) is 12.9. The molecule has 0 aliphatic carbocycles. The molecule has 0 atom stereocenters. The molecule has 0 aromatic heterocycles. The maximum Gasteiger partial charge on any atom is 0.416 e. The van der Waals surface area contributed by atoms with E-state index in [0.29, 0.717) is 6.07 Å². The number of phenolic OH excluding ortho intramolecular Hbond substituents is 1. The van der Waals surface area contributed by atoms with Crippen LogP contribution in [0, 0.1) is 0 Å². The number of hydrogen-bond acceptors (Lipinski definition) is 2. The van der Waals surface area contributed by atoms with Crippen LogP contribution >= 0.6 is 0 Å². The molecule has 0 saturated carbocycles. The molecule has 17 heavy (non-hydrogen) atoms. The number of aromatic hydroxyl groups is 1. The first-order valence-electron chi connectivity index (χ1n) is 4.53. The van der Waals surface area contributed by atoms with E-state index in [1.54, 1.807) is 0 Å². The van der Waals surface area contributed by atoms with Gasteiger partial charge in [0.1, 0.15) is 5.75 Å². The van der Waals surface area contributed by atoms with Gasteiger partial charge in [0.2, 0.25) is 0 Å². The van der Waals surface area contributed by atoms with E-state index in [0.717, 1.165) is 12.1 Å². The molecule has 0 aliphatic rings. The molecule has 0 amide bonds. The van der Waals surface area contributed by atoms with Crippen LogP contribution in [0.4, 0.5) is 13.2 Å². The minimum absolute atomic E-state index is 0.0664. The number of hydrogen-bond donors (Lipinski definition) is 1. The Labute approximate surface area is 94.6 Å². The highest BCUT2D eigenvalue weighted by molar-refractivity contribution is 5.58. The zero-order valence-corrected chi connectivity index (χ0v) is 8.52. The van der Waals surface area contributed by atoms with Crippen molar-refractivity contribution >= 4 is 6.08 Å². The van der Waals surface area contributed by atoms with E-state index in [1.165, 1.54) is 12.2 Å². The molecule has 0 aliphatic heterocycles. The Morgan fingerprint density at radius 3 is 2.65 bits per heavy atom. The average molecular weight is 243 g/mol. The highest BCUT2D eigenvalue weighted by atomic mass is 19.4. The lowest BCUT2D eigenvalue weighted by molar-refractivity contribution is -0.137. The van der Waals surface area contributed by atoms with Crippen molar-refractivity contribution in [2.45, 2.75) is 6.18 Å². The molecule has 4 nitrogen and oxygen atoms in total. The fourth-order valence-corrected chi connectivity index (χ4v) is 1.12. The van der Waals surface area contributed by atoms with E-state index in [1.807, 2.05) is 0 Å². The van der Waals surface area contributed by atoms with Gasteiger partial charge in [-0.2, -0.15) is 13.2 Å². The number of rotatable bonds is 3. The number of halogens is 3. The van der Waals surface area contributed by atoms with Crippen LogP contribution in [0.5, 0.6) is 5.75 Å². The van der Waals surface area contributed by atoms with Crippen molar-refractivity contribution in [3.05, 3.63) is 45.8 Å². The molecule has 90 valence electrons. The first-order chi connectivity index (χ1) is 7.95. The van der Waals surface area contributed by atoms with Gasteiger partial charge in [-0.15, -0.1) is 0 Å². The lowest BCUT2D eigenvalue weighted by Gasteiger charge is -2.07. The molecule has 1 rings (SSSR count). The maximum absolute atomic E-state index is 12.3. The van der Waals surface area contributed by atoms with Gasteiger partial charge in [0.15, 0.2) is 0 Å². The van der Waals surface area contributed by atoms with Crippen molar-refractivity contribution in [1.82, 2.24) is 0 Å². The molecule has 0 fully saturated rings. The quantitative estimate of drug-likeness (QED) is 0.490. The zero-order valence-electron chi connectivity index (χ0n) is 8.52. The smallest absolute Gasteiger partial charge is 0.416 e. The predicted octanol–water partition coefficient (Wildman–Crippen LogP) is 3.73. The van der Waals surface area contributed by atoms with E-state index < -0.39 is 17.5 Å². The van der Waals surface area contributed by atoms with Crippen molar-refractivity contribution in [2.75, 3.05) is 6.54 Å². The summed E-state index contributed by atoms with van der Waals surface area (Å²) in [5.74, 6) is -0.475. The average Bonchev–Trinajstić information content (AvgIpc) is 2.24. The minimum Gasteiger partial charge on any atom is -0.507 e. The Bertz CT molecular complexity index is 476. The van der Waals surface area contributed by atoms with Gasteiger partial charge in [0.05, 0.1) is 5.56 Å². The van der Waals surface area contributed by atoms with Gasteiger partial charge < -0.3 is 5.11 Å². The lowest BCUT2D eigenvalue weighted by atomic mass is 10.1. The van der Waals surface area contributed by atoms with Gasteiger partial charge in [-0.25, -0.2) is 0 Å². The number of nitrogens with zero attached hydrogens (tertiary/aromatic N) is 3. The molecule has 0 saturated heterocycles. The van der Waals surface area contributed by atoms with Crippen LogP contribution in [0.25, 0.3) is 16.5 Å². The van der Waals surface area contributed by atoms with Gasteiger partial charge in [-0.3, -0.25) is 0 Å². The van der Waals surface area contributed by atoms with E-state index >= 15 is 0 Å². The molecular formula is C10H8F3N3O. The molecular weight excluding hydrogens is 235 g/mol. The molecule has 0 heterocycles. The van der Waals surface area contributed by atoms with Crippen LogP contribution in [-0.2, 0) is 6.18 Å². The Kier molecular flexibility index (Phi) is 4.01. The Morgan fingerprint density at radius 2 is 2.12 bits per heavy atom. The summed E-state index contributed by atoms with van der Waals surface area (Å²) >= 11 is 0. The number of alkyl halides is 3. The summed E-state index contributed by atoms with van der Waals surface area (Å²) in [4.78, 5) is 2.50. The van der Waals surface area contributed by atoms with Crippen LogP contribution in [0.15, 0.2) is 29.4 Å². The summed E-state index contributed by atoms with van der Waals surface area (Å²) in [6.07, 6.45) is -1.67. The van der Waals surface area contributed by atoms with Crippen LogP contribution in [0.1, 0.15) is 11.1 Å². The molecule has 0 radical (unpaired) electrons. The third kappa shape index (κ3) is 3.73. The Balaban J connectivity index is 2.90. The van der Waals surface area contributed by atoms with Gasteiger partial charge in [0, 0.05) is 17.0 Å². The van der Waals surface area contributed by atoms with E-state index in [-0.39, 0.29) is 12.1 Å². The molecule has 1 aromatic rings. The Hall–Kier alpha value is -2.14. The summed E-state index contributed by atoms with van der Waals surface area (Å²) in [6.45, 7) is 0.0664. The maximum atomic E-state index is 12.3. The second-order valence-electron chi connectivity index (χ2n) is 3.09. The van der Waals surface area contributed by atoms with E-state index in [2.05, 4.69) is 10.0 Å². The number of phenols is 1. The highest BCUT2D eigenvalue weighted by Crippen LogP contribution is 2.32. The second-order valence-corrected chi connectivity index (χ2v) is 3.09. The topological polar surface area (TPSA) is 69.0 Å². The Morgan fingerprint density at radius 1 is 1.41 bits per heavy atom. The van der Waals surface area contributed by atoms with Crippen molar-refractivity contribution in [2.24, 2.45) is 5.11 Å². The van der Waals surface area contributed by atoms with Crippen molar-refractivity contribution in [3.8, 4) is 5.75 Å². The van der Waals surface area contributed by atoms with Crippen LogP contribution in [-0.4, -0.2) is 11.7 Å². The fraction of sp³-hybridized carbons (Fsp3) is 0.200. The summed E-state index contributed by atoms with van der Waals surface area (Å²) in [5, 5.41) is 12.6. The largest absolute Gasteiger partial charge is 0.507 e. The van der Waals surface area contributed by atoms with Crippen LogP contribution < -0.4 is 0 Å². The number of benzene rings is 1. The summed E-state index contributed by atoms with van der Waals surface area (Å²) in [7, 11) is 0. The second kappa shape index (κ2) is 5.27. The summed E-state index contributed by atoms with van der Waals surface area (Å²) < 4.78 is 36.8. The van der Waals surface area contributed by atoms with Gasteiger partial charge >= 0.3 is 6.18 Å². The van der Waals surface area contributed by atoms with Gasteiger partial charge in [0.25, 0.3) is 0 Å².